The Morgan fingerprint density at radius 2 is 1.80 bits per heavy atom. The second-order valence-electron chi connectivity index (χ2n) is 2.26. The first-order valence-electron chi connectivity index (χ1n) is 2.82. The van der Waals surface area contributed by atoms with E-state index in [0.717, 1.165) is 4.90 Å². The maximum Gasteiger partial charge on any atom is 0.405 e. The van der Waals surface area contributed by atoms with Gasteiger partial charge in [0.1, 0.15) is 6.04 Å². The zero-order valence-corrected chi connectivity index (χ0v) is 5.94. The predicted octanol–water partition coefficient (Wildman–Crippen LogP) is 0.438. The van der Waals surface area contributed by atoms with Gasteiger partial charge in [-0.25, -0.2) is 0 Å². The number of hydrogen-bond donors (Lipinski definition) is 1. The van der Waals surface area contributed by atoms with E-state index in [2.05, 4.69) is 0 Å². The van der Waals surface area contributed by atoms with Crippen LogP contribution in [0.15, 0.2) is 0 Å². The summed E-state index contributed by atoms with van der Waals surface area (Å²) in [5, 5.41) is 0. The summed E-state index contributed by atoms with van der Waals surface area (Å²) >= 11 is 0. The largest absolute Gasteiger partial charge is 0.405 e. The molecule has 1 atom stereocenters. The SMILES string of the molecule is CN(C)[C@@H](CN)C(F)(F)F. The predicted molar refractivity (Wildman–Crippen MR) is 32.6 cm³/mol. The quantitative estimate of drug-likeness (QED) is 0.628. The molecule has 0 fully saturated rings. The van der Waals surface area contributed by atoms with Crippen LogP contribution >= 0.6 is 0 Å². The maximum absolute atomic E-state index is 11.8. The average molecular weight is 156 g/mol. The molecule has 0 aromatic heterocycles. The van der Waals surface area contributed by atoms with Crippen LogP contribution in [0, 0.1) is 0 Å². The van der Waals surface area contributed by atoms with Crippen molar-refractivity contribution in [3.8, 4) is 0 Å². The van der Waals surface area contributed by atoms with Gasteiger partial charge in [0.25, 0.3) is 0 Å². The summed E-state index contributed by atoms with van der Waals surface area (Å²) in [4.78, 5) is 1.06. The smallest absolute Gasteiger partial charge is 0.329 e. The molecule has 0 saturated carbocycles. The minimum atomic E-state index is -4.21. The molecule has 0 unspecified atom stereocenters. The normalized spacial score (nSPS) is 15.9. The third kappa shape index (κ3) is 2.53. The van der Waals surface area contributed by atoms with E-state index in [1.165, 1.54) is 14.1 Å². The molecular formula is C5H11F3N2. The summed E-state index contributed by atoms with van der Waals surface area (Å²) in [6.07, 6.45) is -4.21. The molecular weight excluding hydrogens is 145 g/mol. The van der Waals surface area contributed by atoms with Crippen LogP contribution < -0.4 is 5.73 Å². The summed E-state index contributed by atoms with van der Waals surface area (Å²) in [5.74, 6) is 0. The third-order valence-corrected chi connectivity index (χ3v) is 1.22. The topological polar surface area (TPSA) is 29.3 Å². The number of hydrogen-bond acceptors (Lipinski definition) is 2. The fourth-order valence-corrected chi connectivity index (χ4v) is 0.637. The molecule has 0 radical (unpaired) electrons. The number of alkyl halides is 3. The molecule has 2 N–H and O–H groups in total. The molecule has 10 heavy (non-hydrogen) atoms. The molecule has 0 saturated heterocycles. The van der Waals surface area contributed by atoms with Gasteiger partial charge in [-0.3, -0.25) is 4.90 Å². The first kappa shape index (κ1) is 9.71. The van der Waals surface area contributed by atoms with Gasteiger partial charge in [-0.2, -0.15) is 13.2 Å². The van der Waals surface area contributed by atoms with Gasteiger partial charge in [0.05, 0.1) is 0 Å². The summed E-state index contributed by atoms with van der Waals surface area (Å²) < 4.78 is 35.5. The van der Waals surface area contributed by atoms with Crippen LogP contribution in [-0.2, 0) is 0 Å². The van der Waals surface area contributed by atoms with Gasteiger partial charge < -0.3 is 5.73 Å². The highest BCUT2D eigenvalue weighted by atomic mass is 19.4. The van der Waals surface area contributed by atoms with Crippen LogP contribution in [-0.4, -0.2) is 37.8 Å². The van der Waals surface area contributed by atoms with Crippen molar-refractivity contribution in [3.05, 3.63) is 0 Å². The van der Waals surface area contributed by atoms with Crippen molar-refractivity contribution in [1.29, 1.82) is 0 Å². The highest BCUT2D eigenvalue weighted by molar-refractivity contribution is 4.74. The lowest BCUT2D eigenvalue weighted by Gasteiger charge is -2.24. The Morgan fingerprint density at radius 1 is 1.40 bits per heavy atom. The molecule has 0 aromatic carbocycles. The van der Waals surface area contributed by atoms with Crippen molar-refractivity contribution in [3.63, 3.8) is 0 Å². The van der Waals surface area contributed by atoms with Crippen molar-refractivity contribution in [2.45, 2.75) is 12.2 Å². The molecule has 62 valence electrons. The van der Waals surface area contributed by atoms with E-state index in [0.29, 0.717) is 0 Å². The molecule has 0 spiro atoms. The van der Waals surface area contributed by atoms with E-state index in [1.54, 1.807) is 0 Å². The Kier molecular flexibility index (Phi) is 3.11. The van der Waals surface area contributed by atoms with E-state index in [1.807, 2.05) is 0 Å². The molecule has 0 heterocycles. The average Bonchev–Trinajstić information content (AvgIpc) is 1.60. The van der Waals surface area contributed by atoms with Gasteiger partial charge in [-0.15, -0.1) is 0 Å². The minimum absolute atomic E-state index is 0.392. The highest BCUT2D eigenvalue weighted by Gasteiger charge is 2.39. The van der Waals surface area contributed by atoms with Crippen LogP contribution in [0.25, 0.3) is 0 Å². The van der Waals surface area contributed by atoms with Crippen molar-refractivity contribution < 1.29 is 13.2 Å². The molecule has 0 aliphatic heterocycles. The minimum Gasteiger partial charge on any atom is -0.329 e. The first-order chi connectivity index (χ1) is 4.39. The molecule has 0 aliphatic rings. The van der Waals surface area contributed by atoms with Gasteiger partial charge in [0, 0.05) is 6.54 Å². The van der Waals surface area contributed by atoms with E-state index in [4.69, 9.17) is 5.73 Å². The number of halogens is 3. The van der Waals surface area contributed by atoms with Crippen LogP contribution in [0.2, 0.25) is 0 Å². The Labute approximate surface area is 57.8 Å². The summed E-state index contributed by atoms with van der Waals surface area (Å²) in [5.41, 5.74) is 4.90. The number of nitrogens with two attached hydrogens (primary N) is 1. The molecule has 0 amide bonds. The zero-order chi connectivity index (χ0) is 8.36. The van der Waals surface area contributed by atoms with E-state index >= 15 is 0 Å². The number of rotatable bonds is 2. The van der Waals surface area contributed by atoms with Gasteiger partial charge in [0.2, 0.25) is 0 Å². The molecule has 0 aromatic rings. The molecule has 2 nitrogen and oxygen atoms in total. The standard InChI is InChI=1S/C5H11F3N2/c1-10(2)4(3-9)5(6,7)8/h4H,3,9H2,1-2H3/t4-/m0/s1. The van der Waals surface area contributed by atoms with Gasteiger partial charge in [0.15, 0.2) is 0 Å². The monoisotopic (exact) mass is 156 g/mol. The van der Waals surface area contributed by atoms with Crippen LogP contribution in [0.3, 0.4) is 0 Å². The van der Waals surface area contributed by atoms with E-state index in [9.17, 15) is 13.2 Å². The van der Waals surface area contributed by atoms with Crippen molar-refractivity contribution >= 4 is 0 Å². The molecule has 0 rings (SSSR count). The fraction of sp³-hybridized carbons (Fsp3) is 1.00. The number of nitrogens with zero attached hydrogens (tertiary/aromatic N) is 1. The molecule has 0 aliphatic carbocycles. The zero-order valence-electron chi connectivity index (χ0n) is 5.94. The van der Waals surface area contributed by atoms with Crippen LogP contribution in [0.1, 0.15) is 0 Å². The lowest BCUT2D eigenvalue weighted by atomic mass is 10.3. The second kappa shape index (κ2) is 3.21. The molecule has 5 heteroatoms. The van der Waals surface area contributed by atoms with Crippen molar-refractivity contribution in [2.75, 3.05) is 20.6 Å². The van der Waals surface area contributed by atoms with Crippen molar-refractivity contribution in [1.82, 2.24) is 4.90 Å². The van der Waals surface area contributed by atoms with Gasteiger partial charge in [-0.05, 0) is 14.1 Å². The Morgan fingerprint density at radius 3 is 1.80 bits per heavy atom. The van der Waals surface area contributed by atoms with Crippen molar-refractivity contribution in [2.24, 2.45) is 5.73 Å². The van der Waals surface area contributed by atoms with Gasteiger partial charge in [-0.1, -0.05) is 0 Å². The Hall–Kier alpha value is -0.290. The first-order valence-corrected chi connectivity index (χ1v) is 2.82. The lowest BCUT2D eigenvalue weighted by Crippen LogP contribution is -2.46. The summed E-state index contributed by atoms with van der Waals surface area (Å²) in [6.45, 7) is -0.392. The highest BCUT2D eigenvalue weighted by Crippen LogP contribution is 2.21. The second-order valence-corrected chi connectivity index (χ2v) is 2.26. The summed E-state index contributed by atoms with van der Waals surface area (Å²) in [7, 11) is 2.70. The maximum atomic E-state index is 11.8. The fourth-order valence-electron chi connectivity index (χ4n) is 0.637. The van der Waals surface area contributed by atoms with Crippen LogP contribution in [0.5, 0.6) is 0 Å². The Bertz CT molecular complexity index is 99.6. The van der Waals surface area contributed by atoms with Gasteiger partial charge >= 0.3 is 6.18 Å². The number of likely N-dealkylation sites (N-methyl/N-ethyl adjacent to an activating group) is 1. The Balaban J connectivity index is 4.07. The van der Waals surface area contributed by atoms with E-state index in [-0.39, 0.29) is 0 Å². The van der Waals surface area contributed by atoms with E-state index < -0.39 is 18.8 Å². The lowest BCUT2D eigenvalue weighted by molar-refractivity contribution is -0.174. The van der Waals surface area contributed by atoms with Crippen LogP contribution in [0.4, 0.5) is 13.2 Å². The summed E-state index contributed by atoms with van der Waals surface area (Å²) in [6, 6.07) is -1.52. The molecule has 0 bridgehead atoms. The third-order valence-electron chi connectivity index (χ3n) is 1.22.